The molecule has 0 unspecified atom stereocenters. The van der Waals surface area contributed by atoms with E-state index in [1.54, 1.807) is 30.3 Å². The van der Waals surface area contributed by atoms with Crippen molar-refractivity contribution >= 4 is 23.2 Å². The molecule has 2 N–H and O–H groups in total. The molecule has 4 aromatic rings. The van der Waals surface area contributed by atoms with Crippen LogP contribution in [0.3, 0.4) is 0 Å². The van der Waals surface area contributed by atoms with Gasteiger partial charge in [0.2, 0.25) is 0 Å². The Hall–Kier alpha value is -4.46. The van der Waals surface area contributed by atoms with Crippen LogP contribution in [0.4, 0.5) is 24.5 Å². The van der Waals surface area contributed by atoms with Gasteiger partial charge in [-0.2, -0.15) is 13.2 Å². The van der Waals surface area contributed by atoms with E-state index in [1.165, 1.54) is 18.3 Å². The van der Waals surface area contributed by atoms with Gasteiger partial charge >= 0.3 is 6.18 Å². The molecular weight excluding hydrogens is 467 g/mol. The molecule has 0 bridgehead atoms. The van der Waals surface area contributed by atoms with Crippen molar-refractivity contribution < 1.29 is 22.8 Å². The predicted molar refractivity (Wildman–Crippen MR) is 133 cm³/mol. The fourth-order valence-electron chi connectivity index (χ4n) is 3.66. The van der Waals surface area contributed by atoms with E-state index in [4.69, 9.17) is 0 Å². The maximum Gasteiger partial charge on any atom is 0.417 e. The summed E-state index contributed by atoms with van der Waals surface area (Å²) in [6, 6.07) is 20.2. The van der Waals surface area contributed by atoms with Crippen molar-refractivity contribution in [1.29, 1.82) is 0 Å². The molecule has 5 nitrogen and oxygen atoms in total. The Morgan fingerprint density at radius 3 is 2.17 bits per heavy atom. The number of halogens is 3. The second-order valence-electron chi connectivity index (χ2n) is 8.28. The summed E-state index contributed by atoms with van der Waals surface area (Å²) in [7, 11) is 0. The molecule has 0 atom stereocenters. The van der Waals surface area contributed by atoms with Crippen LogP contribution in [0.15, 0.2) is 85.1 Å². The molecule has 0 aliphatic rings. The standard InChI is InChI=1S/C28H22F3N3O2/c1-17-7-10-20(11-8-17)33-26(35)19-13-14-32-25(15-19)23-16-21(12-9-18(23)2)34-27(36)22-5-3-4-6-24(22)28(29,30)31/h3-16H,1-2H3,(H,33,35)(H,34,36). The van der Waals surface area contributed by atoms with Gasteiger partial charge < -0.3 is 10.6 Å². The van der Waals surface area contributed by atoms with E-state index in [0.29, 0.717) is 28.2 Å². The SMILES string of the molecule is Cc1ccc(NC(=O)c2ccnc(-c3cc(NC(=O)c4ccccc4C(F)(F)F)ccc3C)c2)cc1. The van der Waals surface area contributed by atoms with E-state index >= 15 is 0 Å². The number of alkyl halides is 3. The largest absolute Gasteiger partial charge is 0.417 e. The second-order valence-corrected chi connectivity index (χ2v) is 8.28. The third-order valence-corrected chi connectivity index (χ3v) is 5.58. The van der Waals surface area contributed by atoms with E-state index in [2.05, 4.69) is 15.6 Å². The van der Waals surface area contributed by atoms with Crippen molar-refractivity contribution in [2.75, 3.05) is 10.6 Å². The zero-order chi connectivity index (χ0) is 25.9. The number of pyridine rings is 1. The Morgan fingerprint density at radius 2 is 1.44 bits per heavy atom. The first-order valence-electron chi connectivity index (χ1n) is 11.0. The Bertz CT molecular complexity index is 1430. The van der Waals surface area contributed by atoms with Crippen LogP contribution < -0.4 is 10.6 Å². The van der Waals surface area contributed by atoms with Gasteiger partial charge in [0, 0.05) is 28.7 Å². The van der Waals surface area contributed by atoms with Crippen LogP contribution in [-0.4, -0.2) is 16.8 Å². The smallest absolute Gasteiger partial charge is 0.322 e. The fraction of sp³-hybridized carbons (Fsp3) is 0.107. The molecule has 0 radical (unpaired) electrons. The zero-order valence-corrected chi connectivity index (χ0v) is 19.5. The van der Waals surface area contributed by atoms with Gasteiger partial charge in [-0.15, -0.1) is 0 Å². The van der Waals surface area contributed by atoms with Gasteiger partial charge in [0.25, 0.3) is 11.8 Å². The summed E-state index contributed by atoms with van der Waals surface area (Å²) in [5, 5.41) is 5.37. The number of hydrogen-bond donors (Lipinski definition) is 2. The first-order valence-corrected chi connectivity index (χ1v) is 11.0. The van der Waals surface area contributed by atoms with Crippen LogP contribution in [0, 0.1) is 13.8 Å². The molecule has 0 aliphatic carbocycles. The molecule has 182 valence electrons. The number of hydrogen-bond acceptors (Lipinski definition) is 3. The molecule has 0 spiro atoms. The summed E-state index contributed by atoms with van der Waals surface area (Å²) in [6.07, 6.45) is -3.15. The van der Waals surface area contributed by atoms with Gasteiger partial charge in [-0.3, -0.25) is 14.6 Å². The normalized spacial score (nSPS) is 11.1. The Labute approximate surface area is 206 Å². The van der Waals surface area contributed by atoms with Gasteiger partial charge in [-0.1, -0.05) is 35.9 Å². The molecular formula is C28H22F3N3O2. The van der Waals surface area contributed by atoms with Crippen molar-refractivity contribution in [3.05, 3.63) is 113 Å². The van der Waals surface area contributed by atoms with Crippen molar-refractivity contribution in [3.8, 4) is 11.3 Å². The number of anilines is 2. The number of carbonyl (C=O) groups excluding carboxylic acids is 2. The fourth-order valence-corrected chi connectivity index (χ4v) is 3.66. The highest BCUT2D eigenvalue weighted by Crippen LogP contribution is 2.32. The predicted octanol–water partition coefficient (Wildman–Crippen LogP) is 6.89. The molecule has 0 aliphatic heterocycles. The van der Waals surface area contributed by atoms with E-state index in [1.807, 2.05) is 38.1 Å². The minimum absolute atomic E-state index is 0.300. The second kappa shape index (κ2) is 10.0. The lowest BCUT2D eigenvalue weighted by molar-refractivity contribution is -0.137. The number of benzene rings is 3. The number of nitrogens with one attached hydrogen (secondary N) is 2. The molecule has 2 amide bonds. The van der Waals surface area contributed by atoms with E-state index < -0.39 is 23.2 Å². The average Bonchev–Trinajstić information content (AvgIpc) is 2.86. The van der Waals surface area contributed by atoms with Gasteiger partial charge in [0.1, 0.15) is 0 Å². The van der Waals surface area contributed by atoms with Crippen LogP contribution in [0.1, 0.15) is 37.4 Å². The Morgan fingerprint density at radius 1 is 0.778 bits per heavy atom. The molecule has 0 saturated heterocycles. The zero-order valence-electron chi connectivity index (χ0n) is 19.5. The molecule has 4 rings (SSSR count). The Kier molecular flexibility index (Phi) is 6.87. The van der Waals surface area contributed by atoms with Gasteiger partial charge in [0.05, 0.1) is 16.8 Å². The summed E-state index contributed by atoms with van der Waals surface area (Å²) < 4.78 is 40.0. The molecule has 0 saturated carbocycles. The molecule has 0 fully saturated rings. The van der Waals surface area contributed by atoms with Crippen molar-refractivity contribution in [2.24, 2.45) is 0 Å². The highest BCUT2D eigenvalue weighted by Gasteiger charge is 2.34. The molecule has 8 heteroatoms. The summed E-state index contributed by atoms with van der Waals surface area (Å²) in [6.45, 7) is 3.79. The molecule has 3 aromatic carbocycles. The summed E-state index contributed by atoms with van der Waals surface area (Å²) in [5.41, 5.74) is 2.85. The summed E-state index contributed by atoms with van der Waals surface area (Å²) in [5.74, 6) is -1.19. The Balaban J connectivity index is 1.59. The maximum absolute atomic E-state index is 13.3. The van der Waals surface area contributed by atoms with E-state index in [9.17, 15) is 22.8 Å². The lowest BCUT2D eigenvalue weighted by Gasteiger charge is -2.14. The van der Waals surface area contributed by atoms with Gasteiger partial charge in [0.15, 0.2) is 0 Å². The molecule has 36 heavy (non-hydrogen) atoms. The third kappa shape index (κ3) is 5.60. The number of aryl methyl sites for hydroxylation is 2. The van der Waals surface area contributed by atoms with Crippen molar-refractivity contribution in [1.82, 2.24) is 4.98 Å². The number of rotatable bonds is 5. The van der Waals surface area contributed by atoms with Gasteiger partial charge in [-0.25, -0.2) is 0 Å². The minimum Gasteiger partial charge on any atom is -0.322 e. The van der Waals surface area contributed by atoms with Gasteiger partial charge in [-0.05, 0) is 67.9 Å². The average molecular weight is 489 g/mol. The maximum atomic E-state index is 13.3. The highest BCUT2D eigenvalue weighted by molar-refractivity contribution is 6.06. The van der Waals surface area contributed by atoms with Crippen LogP contribution in [0.25, 0.3) is 11.3 Å². The first kappa shape index (κ1) is 24.7. The van der Waals surface area contributed by atoms with E-state index in [-0.39, 0.29) is 5.91 Å². The summed E-state index contributed by atoms with van der Waals surface area (Å²) >= 11 is 0. The van der Waals surface area contributed by atoms with Crippen LogP contribution in [-0.2, 0) is 6.18 Å². The topological polar surface area (TPSA) is 71.1 Å². The minimum atomic E-state index is -4.66. The number of nitrogens with zero attached hydrogens (tertiary/aromatic N) is 1. The number of carbonyl (C=O) groups is 2. The number of aromatic nitrogens is 1. The molecule has 1 heterocycles. The molecule has 1 aromatic heterocycles. The van der Waals surface area contributed by atoms with E-state index in [0.717, 1.165) is 23.3 Å². The quantitative estimate of drug-likeness (QED) is 0.321. The van der Waals surface area contributed by atoms with Crippen molar-refractivity contribution in [2.45, 2.75) is 20.0 Å². The number of amides is 2. The summed E-state index contributed by atoms with van der Waals surface area (Å²) in [4.78, 5) is 29.8. The van der Waals surface area contributed by atoms with Crippen LogP contribution in [0.5, 0.6) is 0 Å². The lowest BCUT2D eigenvalue weighted by atomic mass is 10.0. The third-order valence-electron chi connectivity index (χ3n) is 5.58. The lowest BCUT2D eigenvalue weighted by Crippen LogP contribution is -2.18. The van der Waals surface area contributed by atoms with Crippen molar-refractivity contribution in [3.63, 3.8) is 0 Å². The van der Waals surface area contributed by atoms with Crippen LogP contribution in [0.2, 0.25) is 0 Å². The van der Waals surface area contributed by atoms with Crippen LogP contribution >= 0.6 is 0 Å². The highest BCUT2D eigenvalue weighted by atomic mass is 19.4. The monoisotopic (exact) mass is 489 g/mol. The first-order chi connectivity index (χ1) is 17.1.